The van der Waals surface area contributed by atoms with Crippen molar-refractivity contribution in [3.63, 3.8) is 0 Å². The second-order valence-electron chi connectivity index (χ2n) is 8.17. The van der Waals surface area contributed by atoms with Gasteiger partial charge in [0.2, 0.25) is 0 Å². The molecule has 31 heavy (non-hydrogen) atoms. The zero-order chi connectivity index (χ0) is 21.7. The fraction of sp³-hybridized carbons (Fsp3) is 0.250. The highest BCUT2D eigenvalue weighted by Gasteiger charge is 2.37. The highest BCUT2D eigenvalue weighted by Crippen LogP contribution is 2.29. The van der Waals surface area contributed by atoms with Crippen molar-refractivity contribution in [2.45, 2.75) is 26.3 Å². The normalized spacial score (nSPS) is 16.3. The van der Waals surface area contributed by atoms with Gasteiger partial charge in [-0.05, 0) is 56.2 Å². The van der Waals surface area contributed by atoms with E-state index in [1.807, 2.05) is 18.3 Å². The van der Waals surface area contributed by atoms with Gasteiger partial charge in [-0.1, -0.05) is 6.08 Å². The molecule has 0 bridgehead atoms. The Kier molecular flexibility index (Phi) is 4.46. The van der Waals surface area contributed by atoms with Gasteiger partial charge in [-0.25, -0.2) is 0 Å². The molecule has 1 aromatic carbocycles. The summed E-state index contributed by atoms with van der Waals surface area (Å²) in [5.74, 6) is -0.775. The summed E-state index contributed by atoms with van der Waals surface area (Å²) < 4.78 is 0. The van der Waals surface area contributed by atoms with Crippen molar-refractivity contribution in [3.05, 3.63) is 71.1 Å². The average Bonchev–Trinajstić information content (AvgIpc) is 3.32. The van der Waals surface area contributed by atoms with Crippen LogP contribution in [0.2, 0.25) is 0 Å². The maximum absolute atomic E-state index is 13.1. The largest absolute Gasteiger partial charge is 0.359 e. The van der Waals surface area contributed by atoms with Crippen molar-refractivity contribution >= 4 is 34.3 Å². The first-order valence-electron chi connectivity index (χ1n) is 10.4. The lowest BCUT2D eigenvalue weighted by Gasteiger charge is -2.26. The molecule has 7 nitrogen and oxygen atoms in total. The molecule has 7 heteroatoms. The van der Waals surface area contributed by atoms with Crippen LogP contribution in [0.5, 0.6) is 0 Å². The first kappa shape index (κ1) is 19.2. The third kappa shape index (κ3) is 3.04. The number of rotatable bonds is 3. The number of hydrogen-bond donors (Lipinski definition) is 1. The van der Waals surface area contributed by atoms with Crippen LogP contribution in [-0.2, 0) is 0 Å². The second kappa shape index (κ2) is 7.19. The lowest BCUT2D eigenvalue weighted by molar-refractivity contribution is 0.0608. The van der Waals surface area contributed by atoms with Gasteiger partial charge in [0.25, 0.3) is 17.7 Å². The molecule has 0 spiro atoms. The maximum atomic E-state index is 13.1. The molecule has 0 unspecified atom stereocenters. The molecule has 0 saturated heterocycles. The Labute approximate surface area is 179 Å². The van der Waals surface area contributed by atoms with Gasteiger partial charge >= 0.3 is 0 Å². The minimum atomic E-state index is -0.336. The van der Waals surface area contributed by atoms with Crippen LogP contribution in [0.4, 0.5) is 0 Å². The number of amides is 3. The van der Waals surface area contributed by atoms with Gasteiger partial charge in [-0.3, -0.25) is 24.3 Å². The summed E-state index contributed by atoms with van der Waals surface area (Å²) in [5, 5.41) is 0. The first-order chi connectivity index (χ1) is 15.0. The van der Waals surface area contributed by atoms with Gasteiger partial charge in [-0.15, -0.1) is 0 Å². The smallest absolute Gasteiger partial charge is 0.261 e. The average molecular weight is 414 g/mol. The standard InChI is InChI=1S/C24H22N4O3/c1-14(2)28-23(30)17-6-5-16(12-18(17)24(28)31)22(29)27-10-7-15(8-11-27)19-13-26-20-4-3-9-25-21(19)20/h3-7,9,12-14,26H,8,10-11H2,1-2H3. The van der Waals surface area contributed by atoms with Crippen molar-refractivity contribution < 1.29 is 14.4 Å². The van der Waals surface area contributed by atoms with Crippen molar-refractivity contribution in [1.82, 2.24) is 19.8 Å². The van der Waals surface area contributed by atoms with Gasteiger partial charge in [0, 0.05) is 42.7 Å². The second-order valence-corrected chi connectivity index (χ2v) is 8.17. The van der Waals surface area contributed by atoms with Crippen LogP contribution in [0.25, 0.3) is 16.6 Å². The number of fused-ring (bicyclic) bond motifs is 2. The molecule has 2 aliphatic rings. The number of aromatic nitrogens is 2. The lowest BCUT2D eigenvalue weighted by atomic mass is 9.99. The molecule has 5 rings (SSSR count). The number of pyridine rings is 1. The topological polar surface area (TPSA) is 86.4 Å². The summed E-state index contributed by atoms with van der Waals surface area (Å²) >= 11 is 0. The minimum absolute atomic E-state index is 0.140. The quantitative estimate of drug-likeness (QED) is 0.665. The molecule has 1 N–H and O–H groups in total. The van der Waals surface area contributed by atoms with Crippen LogP contribution < -0.4 is 0 Å². The number of carbonyl (C=O) groups excluding carboxylic acids is 3. The molecule has 3 amide bonds. The Hall–Kier alpha value is -3.74. The van der Waals surface area contributed by atoms with E-state index in [1.54, 1.807) is 43.1 Å². The SMILES string of the molecule is CC(C)N1C(=O)c2ccc(C(=O)N3CC=C(c4c[nH]c5cccnc45)CC3)cc2C1=O. The minimum Gasteiger partial charge on any atom is -0.359 e. The van der Waals surface area contributed by atoms with Crippen molar-refractivity contribution in [2.24, 2.45) is 0 Å². The summed E-state index contributed by atoms with van der Waals surface area (Å²) in [6, 6.07) is 8.45. The summed E-state index contributed by atoms with van der Waals surface area (Å²) in [5.41, 5.74) is 5.26. The Morgan fingerprint density at radius 3 is 2.65 bits per heavy atom. The number of aromatic amines is 1. The number of nitrogens with zero attached hydrogens (tertiary/aromatic N) is 3. The van der Waals surface area contributed by atoms with Gasteiger partial charge in [0.05, 0.1) is 22.2 Å². The van der Waals surface area contributed by atoms with Crippen molar-refractivity contribution in [2.75, 3.05) is 13.1 Å². The molecule has 0 atom stereocenters. The Morgan fingerprint density at radius 1 is 1.10 bits per heavy atom. The summed E-state index contributed by atoms with van der Waals surface area (Å²) in [6.07, 6.45) is 6.52. The lowest BCUT2D eigenvalue weighted by Crippen LogP contribution is -2.36. The number of nitrogens with one attached hydrogen (secondary N) is 1. The van der Waals surface area contributed by atoms with E-state index >= 15 is 0 Å². The van der Waals surface area contributed by atoms with Crippen LogP contribution in [0.3, 0.4) is 0 Å². The van der Waals surface area contributed by atoms with Crippen molar-refractivity contribution in [3.8, 4) is 0 Å². The number of carbonyl (C=O) groups is 3. The van der Waals surface area contributed by atoms with Crippen LogP contribution in [0.1, 0.15) is 56.9 Å². The first-order valence-corrected chi connectivity index (χ1v) is 10.4. The Balaban J connectivity index is 1.37. The number of hydrogen-bond acceptors (Lipinski definition) is 4. The molecule has 0 aliphatic carbocycles. The van der Waals surface area contributed by atoms with Gasteiger partial charge in [0.15, 0.2) is 0 Å². The Bertz CT molecular complexity index is 1270. The summed E-state index contributed by atoms with van der Waals surface area (Å²) in [4.78, 5) is 48.9. The van der Waals surface area contributed by atoms with E-state index in [2.05, 4.69) is 16.0 Å². The zero-order valence-corrected chi connectivity index (χ0v) is 17.4. The molecular weight excluding hydrogens is 392 g/mol. The van der Waals surface area contributed by atoms with Gasteiger partial charge < -0.3 is 9.88 Å². The fourth-order valence-corrected chi connectivity index (χ4v) is 4.34. The van der Waals surface area contributed by atoms with E-state index in [-0.39, 0.29) is 23.8 Å². The monoisotopic (exact) mass is 414 g/mol. The van der Waals surface area contributed by atoms with E-state index in [1.165, 1.54) is 4.90 Å². The van der Waals surface area contributed by atoms with Crippen LogP contribution in [-0.4, -0.2) is 56.6 Å². The fourth-order valence-electron chi connectivity index (χ4n) is 4.34. The predicted molar refractivity (Wildman–Crippen MR) is 117 cm³/mol. The Morgan fingerprint density at radius 2 is 1.90 bits per heavy atom. The van der Waals surface area contributed by atoms with Crippen molar-refractivity contribution in [1.29, 1.82) is 0 Å². The van der Waals surface area contributed by atoms with Crippen LogP contribution in [0, 0.1) is 0 Å². The van der Waals surface area contributed by atoms with E-state index < -0.39 is 0 Å². The molecule has 3 aromatic rings. The highest BCUT2D eigenvalue weighted by atomic mass is 16.2. The molecule has 2 aromatic heterocycles. The van der Waals surface area contributed by atoms with Crippen LogP contribution >= 0.6 is 0 Å². The number of H-pyrrole nitrogens is 1. The van der Waals surface area contributed by atoms with Gasteiger partial charge in [0.1, 0.15) is 0 Å². The van der Waals surface area contributed by atoms with Gasteiger partial charge in [-0.2, -0.15) is 0 Å². The summed E-state index contributed by atoms with van der Waals surface area (Å²) in [6.45, 7) is 4.66. The van der Waals surface area contributed by atoms with Crippen LogP contribution in [0.15, 0.2) is 48.8 Å². The maximum Gasteiger partial charge on any atom is 0.261 e. The van der Waals surface area contributed by atoms with E-state index in [0.717, 1.165) is 28.6 Å². The third-order valence-electron chi connectivity index (χ3n) is 5.96. The highest BCUT2D eigenvalue weighted by molar-refractivity contribution is 6.22. The van der Waals surface area contributed by atoms with E-state index in [0.29, 0.717) is 29.8 Å². The number of imide groups is 1. The molecule has 0 saturated carbocycles. The number of benzene rings is 1. The summed E-state index contributed by atoms with van der Waals surface area (Å²) in [7, 11) is 0. The predicted octanol–water partition coefficient (Wildman–Crippen LogP) is 3.50. The molecule has 156 valence electrons. The molecular formula is C24H22N4O3. The molecule has 2 aliphatic heterocycles. The van der Waals surface area contributed by atoms with E-state index in [4.69, 9.17) is 0 Å². The third-order valence-corrected chi connectivity index (χ3v) is 5.96. The van der Waals surface area contributed by atoms with E-state index in [9.17, 15) is 14.4 Å². The molecule has 0 fully saturated rings. The molecule has 4 heterocycles. The zero-order valence-electron chi connectivity index (χ0n) is 17.4. The molecule has 0 radical (unpaired) electrons.